The van der Waals surface area contributed by atoms with Gasteiger partial charge in [-0.25, -0.2) is 0 Å². The van der Waals surface area contributed by atoms with Gasteiger partial charge in [-0.1, -0.05) is 24.3 Å². The summed E-state index contributed by atoms with van der Waals surface area (Å²) in [5, 5.41) is 13.4. The summed E-state index contributed by atoms with van der Waals surface area (Å²) >= 11 is 0. The van der Waals surface area contributed by atoms with Crippen LogP contribution in [0.3, 0.4) is 0 Å². The zero-order valence-electron chi connectivity index (χ0n) is 8.64. The minimum atomic E-state index is 0.199. The van der Waals surface area contributed by atoms with Crippen LogP contribution in [0.15, 0.2) is 30.5 Å². The van der Waals surface area contributed by atoms with E-state index in [2.05, 4.69) is 15.5 Å². The van der Waals surface area contributed by atoms with Gasteiger partial charge in [-0.2, -0.15) is 5.10 Å². The van der Waals surface area contributed by atoms with Crippen LogP contribution in [0, 0.1) is 0 Å². The second-order valence-corrected chi connectivity index (χ2v) is 3.56. The lowest BCUT2D eigenvalue weighted by Gasteiger charge is -2.12. The summed E-state index contributed by atoms with van der Waals surface area (Å²) in [6.07, 6.45) is 1.76. The lowest BCUT2D eigenvalue weighted by Crippen LogP contribution is -2.25. The number of hydrogen-bond acceptors (Lipinski definition) is 4. The van der Waals surface area contributed by atoms with Crippen LogP contribution in [0.2, 0.25) is 0 Å². The van der Waals surface area contributed by atoms with Gasteiger partial charge in [-0.15, -0.1) is 5.10 Å². The van der Waals surface area contributed by atoms with Gasteiger partial charge >= 0.3 is 0 Å². The first kappa shape index (κ1) is 9.86. The summed E-state index contributed by atoms with van der Waals surface area (Å²) in [6, 6.07) is 8.21. The number of anilines is 1. The Morgan fingerprint density at radius 2 is 2.20 bits per heavy atom. The molecule has 0 aliphatic heterocycles. The molecule has 0 aliphatic rings. The Kier molecular flexibility index (Phi) is 2.78. The van der Waals surface area contributed by atoms with Crippen molar-refractivity contribution in [1.29, 1.82) is 0 Å². The van der Waals surface area contributed by atoms with E-state index in [0.29, 0.717) is 6.54 Å². The van der Waals surface area contributed by atoms with E-state index in [0.717, 1.165) is 16.6 Å². The maximum absolute atomic E-state index is 5.55. The van der Waals surface area contributed by atoms with Crippen LogP contribution in [0.5, 0.6) is 0 Å². The third-order valence-corrected chi connectivity index (χ3v) is 2.31. The molecule has 0 saturated carbocycles. The predicted molar refractivity (Wildman–Crippen MR) is 61.7 cm³/mol. The summed E-state index contributed by atoms with van der Waals surface area (Å²) in [5.74, 6) is 0.797. The summed E-state index contributed by atoms with van der Waals surface area (Å²) in [4.78, 5) is 0. The molecule has 0 spiro atoms. The highest BCUT2D eigenvalue weighted by molar-refractivity contribution is 5.90. The standard InChI is InChI=1S/C11H14N4/c1-8(6-12)14-11-10-5-3-2-4-9(10)7-13-15-11/h2-5,7-8H,6,12H2,1H3,(H,14,15). The summed E-state index contributed by atoms with van der Waals surface area (Å²) in [7, 11) is 0. The number of fused-ring (bicyclic) bond motifs is 1. The van der Waals surface area contributed by atoms with Crippen molar-refractivity contribution in [2.45, 2.75) is 13.0 Å². The molecule has 78 valence electrons. The molecule has 4 nitrogen and oxygen atoms in total. The van der Waals surface area contributed by atoms with Gasteiger partial charge in [0.25, 0.3) is 0 Å². The molecule has 0 amide bonds. The SMILES string of the molecule is CC(CN)Nc1nncc2ccccc12. The molecule has 2 rings (SSSR count). The number of nitrogens with zero attached hydrogens (tertiary/aromatic N) is 2. The van der Waals surface area contributed by atoms with Crippen molar-refractivity contribution in [2.75, 3.05) is 11.9 Å². The number of hydrogen-bond donors (Lipinski definition) is 2. The molecule has 1 heterocycles. The predicted octanol–water partition coefficient (Wildman–Crippen LogP) is 1.39. The van der Waals surface area contributed by atoms with Crippen molar-refractivity contribution in [3.8, 4) is 0 Å². The first-order valence-corrected chi connectivity index (χ1v) is 4.98. The topological polar surface area (TPSA) is 63.8 Å². The molecule has 0 fully saturated rings. The Morgan fingerprint density at radius 3 is 3.00 bits per heavy atom. The highest BCUT2D eigenvalue weighted by Crippen LogP contribution is 2.19. The van der Waals surface area contributed by atoms with Crippen LogP contribution < -0.4 is 11.1 Å². The van der Waals surface area contributed by atoms with E-state index in [9.17, 15) is 0 Å². The van der Waals surface area contributed by atoms with Gasteiger partial charge in [-0.3, -0.25) is 0 Å². The number of aromatic nitrogens is 2. The van der Waals surface area contributed by atoms with E-state index in [4.69, 9.17) is 5.73 Å². The van der Waals surface area contributed by atoms with Crippen LogP contribution in [0.4, 0.5) is 5.82 Å². The summed E-state index contributed by atoms with van der Waals surface area (Å²) in [5.41, 5.74) is 5.55. The van der Waals surface area contributed by atoms with E-state index in [1.165, 1.54) is 0 Å². The molecule has 0 saturated heterocycles. The highest BCUT2D eigenvalue weighted by Gasteiger charge is 2.04. The van der Waals surface area contributed by atoms with E-state index in [1.807, 2.05) is 31.2 Å². The molecular weight excluding hydrogens is 188 g/mol. The molecule has 0 bridgehead atoms. The largest absolute Gasteiger partial charge is 0.364 e. The average molecular weight is 202 g/mol. The number of nitrogens with two attached hydrogens (primary N) is 1. The first-order chi connectivity index (χ1) is 7.31. The van der Waals surface area contributed by atoms with Gasteiger partial charge in [0.1, 0.15) is 0 Å². The highest BCUT2D eigenvalue weighted by atomic mass is 15.2. The van der Waals surface area contributed by atoms with E-state index in [-0.39, 0.29) is 6.04 Å². The second-order valence-electron chi connectivity index (χ2n) is 3.56. The normalized spacial score (nSPS) is 12.7. The van der Waals surface area contributed by atoms with Gasteiger partial charge < -0.3 is 11.1 Å². The quantitative estimate of drug-likeness (QED) is 0.789. The Bertz CT molecular complexity index is 450. The minimum absolute atomic E-state index is 0.199. The van der Waals surface area contributed by atoms with E-state index in [1.54, 1.807) is 6.20 Å². The van der Waals surface area contributed by atoms with Crippen molar-refractivity contribution in [2.24, 2.45) is 5.73 Å². The Morgan fingerprint density at radius 1 is 1.40 bits per heavy atom. The summed E-state index contributed by atoms with van der Waals surface area (Å²) < 4.78 is 0. The van der Waals surface area contributed by atoms with E-state index < -0.39 is 0 Å². The molecule has 1 aromatic carbocycles. The fourth-order valence-corrected chi connectivity index (χ4v) is 1.43. The van der Waals surface area contributed by atoms with Gasteiger partial charge in [0, 0.05) is 23.4 Å². The van der Waals surface area contributed by atoms with Gasteiger partial charge in [0.2, 0.25) is 0 Å². The van der Waals surface area contributed by atoms with Crippen molar-refractivity contribution in [3.05, 3.63) is 30.5 Å². The van der Waals surface area contributed by atoms with Crippen LogP contribution in [0.1, 0.15) is 6.92 Å². The number of rotatable bonds is 3. The van der Waals surface area contributed by atoms with Crippen LogP contribution >= 0.6 is 0 Å². The molecule has 1 unspecified atom stereocenters. The maximum atomic E-state index is 5.55. The molecule has 0 aliphatic carbocycles. The van der Waals surface area contributed by atoms with Crippen molar-refractivity contribution in [1.82, 2.24) is 10.2 Å². The molecule has 1 aromatic heterocycles. The fraction of sp³-hybridized carbons (Fsp3) is 0.273. The third kappa shape index (κ3) is 2.05. The van der Waals surface area contributed by atoms with Crippen LogP contribution in [0.25, 0.3) is 10.8 Å². The average Bonchev–Trinajstić information content (AvgIpc) is 2.29. The first-order valence-electron chi connectivity index (χ1n) is 4.98. The van der Waals surface area contributed by atoms with Gasteiger partial charge in [0.05, 0.1) is 6.20 Å². The number of nitrogens with one attached hydrogen (secondary N) is 1. The monoisotopic (exact) mass is 202 g/mol. The van der Waals surface area contributed by atoms with Gasteiger partial charge in [-0.05, 0) is 6.92 Å². The maximum Gasteiger partial charge on any atom is 0.156 e. The lowest BCUT2D eigenvalue weighted by atomic mass is 10.2. The van der Waals surface area contributed by atoms with Crippen molar-refractivity contribution in [3.63, 3.8) is 0 Å². The zero-order valence-corrected chi connectivity index (χ0v) is 8.64. The lowest BCUT2D eigenvalue weighted by molar-refractivity contribution is 0.794. The molecule has 0 radical (unpaired) electrons. The zero-order chi connectivity index (χ0) is 10.7. The molecule has 15 heavy (non-hydrogen) atoms. The van der Waals surface area contributed by atoms with Crippen LogP contribution in [-0.2, 0) is 0 Å². The van der Waals surface area contributed by atoms with Gasteiger partial charge in [0.15, 0.2) is 5.82 Å². The van der Waals surface area contributed by atoms with Crippen molar-refractivity contribution < 1.29 is 0 Å². The Hall–Kier alpha value is -1.68. The fourth-order valence-electron chi connectivity index (χ4n) is 1.43. The molecule has 1 atom stereocenters. The molecular formula is C11H14N4. The summed E-state index contributed by atoms with van der Waals surface area (Å²) in [6.45, 7) is 2.59. The van der Waals surface area contributed by atoms with E-state index >= 15 is 0 Å². The minimum Gasteiger partial charge on any atom is -0.364 e. The smallest absolute Gasteiger partial charge is 0.156 e. The molecule has 2 aromatic rings. The Labute approximate surface area is 88.5 Å². The second kappa shape index (κ2) is 4.23. The third-order valence-electron chi connectivity index (χ3n) is 2.31. The van der Waals surface area contributed by atoms with Crippen LogP contribution in [-0.4, -0.2) is 22.8 Å². The number of benzene rings is 1. The van der Waals surface area contributed by atoms with Crippen molar-refractivity contribution >= 4 is 16.6 Å². The molecule has 3 N–H and O–H groups in total. The Balaban J connectivity index is 2.42. The molecule has 4 heteroatoms.